The molecule has 0 amide bonds. The van der Waals surface area contributed by atoms with E-state index in [-0.39, 0.29) is 6.61 Å². The minimum absolute atomic E-state index is 0.117. The van der Waals surface area contributed by atoms with E-state index in [1.165, 1.54) is 24.1 Å². The molecule has 23 heavy (non-hydrogen) atoms. The third-order valence-corrected chi connectivity index (χ3v) is 4.70. The summed E-state index contributed by atoms with van der Waals surface area (Å²) in [7, 11) is 0. The second-order valence-electron chi connectivity index (χ2n) is 6.33. The molecule has 3 rings (SSSR count). The Morgan fingerprint density at radius 2 is 1.74 bits per heavy atom. The van der Waals surface area contributed by atoms with Gasteiger partial charge in [0.05, 0.1) is 6.61 Å². The summed E-state index contributed by atoms with van der Waals surface area (Å²) in [6.07, 6.45) is 2.33. The number of aliphatic hydroxyl groups excluding tert-OH is 1. The van der Waals surface area contributed by atoms with Crippen molar-refractivity contribution < 1.29 is 5.11 Å². The third-order valence-electron chi connectivity index (χ3n) is 4.70. The SMILES string of the molecule is OCc1ccccc1CNC1CCN(CCc2ccccc2)C1. The van der Waals surface area contributed by atoms with Crippen LogP contribution >= 0.6 is 0 Å². The van der Waals surface area contributed by atoms with Crippen molar-refractivity contribution in [2.45, 2.75) is 32.0 Å². The molecule has 2 N–H and O–H groups in total. The van der Waals surface area contributed by atoms with Crippen molar-refractivity contribution in [3.8, 4) is 0 Å². The minimum Gasteiger partial charge on any atom is -0.392 e. The van der Waals surface area contributed by atoms with Gasteiger partial charge in [-0.2, -0.15) is 0 Å². The Labute approximate surface area is 139 Å². The third kappa shape index (κ3) is 4.64. The van der Waals surface area contributed by atoms with E-state index in [4.69, 9.17) is 0 Å². The summed E-state index contributed by atoms with van der Waals surface area (Å²) >= 11 is 0. The van der Waals surface area contributed by atoms with E-state index < -0.39 is 0 Å². The minimum atomic E-state index is 0.117. The second-order valence-corrected chi connectivity index (χ2v) is 6.33. The maximum atomic E-state index is 9.39. The van der Waals surface area contributed by atoms with E-state index in [0.29, 0.717) is 6.04 Å². The van der Waals surface area contributed by atoms with Gasteiger partial charge >= 0.3 is 0 Å². The number of rotatable bonds is 7. The van der Waals surface area contributed by atoms with Gasteiger partial charge in [0.2, 0.25) is 0 Å². The van der Waals surface area contributed by atoms with Gasteiger partial charge in [-0.3, -0.25) is 0 Å². The number of hydrogen-bond donors (Lipinski definition) is 2. The van der Waals surface area contributed by atoms with Crippen LogP contribution in [0, 0.1) is 0 Å². The first-order chi connectivity index (χ1) is 11.3. The molecule has 2 aromatic rings. The van der Waals surface area contributed by atoms with Gasteiger partial charge in [0, 0.05) is 25.7 Å². The lowest BCUT2D eigenvalue weighted by Gasteiger charge is -2.17. The number of aliphatic hydroxyl groups is 1. The van der Waals surface area contributed by atoms with E-state index in [1.807, 2.05) is 18.2 Å². The molecule has 1 fully saturated rings. The van der Waals surface area contributed by atoms with Crippen LogP contribution in [0.25, 0.3) is 0 Å². The first-order valence-electron chi connectivity index (χ1n) is 8.52. The highest BCUT2D eigenvalue weighted by Gasteiger charge is 2.21. The van der Waals surface area contributed by atoms with Crippen LogP contribution < -0.4 is 5.32 Å². The molecule has 0 aromatic heterocycles. The monoisotopic (exact) mass is 310 g/mol. The van der Waals surface area contributed by atoms with Gasteiger partial charge in [-0.25, -0.2) is 0 Å². The lowest BCUT2D eigenvalue weighted by Crippen LogP contribution is -2.33. The quantitative estimate of drug-likeness (QED) is 0.825. The summed E-state index contributed by atoms with van der Waals surface area (Å²) in [5, 5.41) is 13.0. The molecule has 0 saturated carbocycles. The van der Waals surface area contributed by atoms with Crippen LogP contribution in [0.4, 0.5) is 0 Å². The van der Waals surface area contributed by atoms with Gasteiger partial charge in [-0.1, -0.05) is 54.6 Å². The predicted octanol–water partition coefficient (Wildman–Crippen LogP) is 2.59. The Kier molecular flexibility index (Phi) is 5.81. The summed E-state index contributed by atoms with van der Waals surface area (Å²) in [4.78, 5) is 2.54. The average Bonchev–Trinajstić information content (AvgIpc) is 3.07. The lowest BCUT2D eigenvalue weighted by atomic mass is 10.1. The zero-order valence-corrected chi connectivity index (χ0v) is 13.6. The van der Waals surface area contributed by atoms with E-state index in [2.05, 4.69) is 46.6 Å². The molecule has 0 bridgehead atoms. The molecule has 3 nitrogen and oxygen atoms in total. The Bertz CT molecular complexity index is 600. The molecule has 0 aliphatic carbocycles. The maximum Gasteiger partial charge on any atom is 0.0685 e. The second kappa shape index (κ2) is 8.25. The summed E-state index contributed by atoms with van der Waals surface area (Å²) in [5.74, 6) is 0. The maximum absolute atomic E-state index is 9.39. The van der Waals surface area contributed by atoms with Gasteiger partial charge in [0.15, 0.2) is 0 Å². The highest BCUT2D eigenvalue weighted by molar-refractivity contribution is 5.26. The molecule has 1 atom stereocenters. The van der Waals surface area contributed by atoms with Crippen molar-refractivity contribution in [3.63, 3.8) is 0 Å². The van der Waals surface area contributed by atoms with Gasteiger partial charge in [0.25, 0.3) is 0 Å². The van der Waals surface area contributed by atoms with Gasteiger partial charge in [-0.15, -0.1) is 0 Å². The molecule has 0 spiro atoms. The van der Waals surface area contributed by atoms with Gasteiger partial charge < -0.3 is 15.3 Å². The fraction of sp³-hybridized carbons (Fsp3) is 0.400. The molecule has 1 heterocycles. The number of hydrogen-bond acceptors (Lipinski definition) is 3. The first-order valence-corrected chi connectivity index (χ1v) is 8.52. The van der Waals surface area contributed by atoms with Crippen LogP contribution in [0.5, 0.6) is 0 Å². The fourth-order valence-corrected chi connectivity index (χ4v) is 3.27. The Morgan fingerprint density at radius 3 is 2.52 bits per heavy atom. The van der Waals surface area contributed by atoms with Crippen LogP contribution in [0.2, 0.25) is 0 Å². The van der Waals surface area contributed by atoms with Crippen molar-refractivity contribution in [3.05, 3.63) is 71.3 Å². The van der Waals surface area contributed by atoms with E-state index in [9.17, 15) is 5.11 Å². The molecule has 1 aliphatic rings. The van der Waals surface area contributed by atoms with Crippen molar-refractivity contribution >= 4 is 0 Å². The van der Waals surface area contributed by atoms with Crippen LogP contribution in [0.15, 0.2) is 54.6 Å². The topological polar surface area (TPSA) is 35.5 Å². The molecular formula is C20H26N2O. The molecule has 3 heteroatoms. The molecule has 122 valence electrons. The molecule has 1 saturated heterocycles. The Balaban J connectivity index is 1.43. The zero-order valence-electron chi connectivity index (χ0n) is 13.6. The van der Waals surface area contributed by atoms with Crippen LogP contribution in [-0.4, -0.2) is 35.7 Å². The van der Waals surface area contributed by atoms with Crippen LogP contribution in [0.1, 0.15) is 23.1 Å². The van der Waals surface area contributed by atoms with E-state index >= 15 is 0 Å². The Hall–Kier alpha value is -1.68. The lowest BCUT2D eigenvalue weighted by molar-refractivity contribution is 0.280. The summed E-state index contributed by atoms with van der Waals surface area (Å²) in [5.41, 5.74) is 3.65. The smallest absolute Gasteiger partial charge is 0.0685 e. The summed E-state index contributed by atoms with van der Waals surface area (Å²) in [6.45, 7) is 4.38. The van der Waals surface area contributed by atoms with Crippen molar-refractivity contribution in [2.75, 3.05) is 19.6 Å². The molecule has 1 unspecified atom stereocenters. The highest BCUT2D eigenvalue weighted by atomic mass is 16.3. The van der Waals surface area contributed by atoms with Gasteiger partial charge in [-0.05, 0) is 36.1 Å². The standard InChI is InChI=1S/C20H26N2O/c23-16-19-9-5-4-8-18(19)14-21-20-11-13-22(15-20)12-10-17-6-2-1-3-7-17/h1-9,20-21,23H,10-16H2. The van der Waals surface area contributed by atoms with Crippen molar-refractivity contribution in [1.82, 2.24) is 10.2 Å². The van der Waals surface area contributed by atoms with Crippen LogP contribution in [-0.2, 0) is 19.6 Å². The first kappa shape index (κ1) is 16.2. The summed E-state index contributed by atoms with van der Waals surface area (Å²) in [6, 6.07) is 19.4. The number of benzene rings is 2. The fourth-order valence-electron chi connectivity index (χ4n) is 3.27. The van der Waals surface area contributed by atoms with E-state index in [0.717, 1.165) is 31.6 Å². The normalized spacial score (nSPS) is 18.4. The zero-order chi connectivity index (χ0) is 15.9. The van der Waals surface area contributed by atoms with Crippen LogP contribution in [0.3, 0.4) is 0 Å². The average molecular weight is 310 g/mol. The largest absolute Gasteiger partial charge is 0.392 e. The number of nitrogens with one attached hydrogen (secondary N) is 1. The number of likely N-dealkylation sites (tertiary alicyclic amines) is 1. The van der Waals surface area contributed by atoms with E-state index in [1.54, 1.807) is 0 Å². The number of nitrogens with zero attached hydrogens (tertiary/aromatic N) is 1. The molecule has 1 aliphatic heterocycles. The Morgan fingerprint density at radius 1 is 1.00 bits per heavy atom. The molecule has 0 radical (unpaired) electrons. The highest BCUT2D eigenvalue weighted by Crippen LogP contribution is 2.13. The van der Waals surface area contributed by atoms with Crippen molar-refractivity contribution in [1.29, 1.82) is 0 Å². The summed E-state index contributed by atoms with van der Waals surface area (Å²) < 4.78 is 0. The van der Waals surface area contributed by atoms with Gasteiger partial charge in [0.1, 0.15) is 0 Å². The predicted molar refractivity (Wildman–Crippen MR) is 94.2 cm³/mol. The molecular weight excluding hydrogens is 284 g/mol. The van der Waals surface area contributed by atoms with Crippen molar-refractivity contribution in [2.24, 2.45) is 0 Å². The molecule has 2 aromatic carbocycles.